The van der Waals surface area contributed by atoms with E-state index in [0.717, 1.165) is 15.2 Å². The van der Waals surface area contributed by atoms with Gasteiger partial charge in [-0.25, -0.2) is 4.98 Å². The van der Waals surface area contributed by atoms with Crippen LogP contribution in [-0.4, -0.2) is 17.2 Å². The smallest absolute Gasteiger partial charge is 0.168 e. The SMILES string of the molecule is COc1cccc(-c2nc3cc(C)ccc3s2)c1O. The predicted molar refractivity (Wildman–Crippen MR) is 78.0 cm³/mol. The summed E-state index contributed by atoms with van der Waals surface area (Å²) in [6.07, 6.45) is 0. The van der Waals surface area contributed by atoms with E-state index in [0.29, 0.717) is 11.3 Å². The lowest BCUT2D eigenvalue weighted by molar-refractivity contribution is 0.374. The molecule has 0 fully saturated rings. The highest BCUT2D eigenvalue weighted by Crippen LogP contribution is 2.40. The molecule has 0 bridgehead atoms. The molecule has 0 aliphatic carbocycles. The molecule has 1 aromatic heterocycles. The molecule has 4 heteroatoms. The Morgan fingerprint density at radius 1 is 1.21 bits per heavy atom. The Bertz CT molecular complexity index is 749. The average molecular weight is 271 g/mol. The molecule has 1 heterocycles. The van der Waals surface area contributed by atoms with Gasteiger partial charge in [0.1, 0.15) is 5.01 Å². The molecule has 0 spiro atoms. The first-order valence-corrected chi connectivity index (χ1v) is 6.74. The van der Waals surface area contributed by atoms with Gasteiger partial charge in [-0.05, 0) is 36.8 Å². The van der Waals surface area contributed by atoms with Gasteiger partial charge in [0.2, 0.25) is 0 Å². The number of thiazole rings is 1. The normalized spacial score (nSPS) is 10.8. The molecule has 0 saturated heterocycles. The number of rotatable bonds is 2. The highest BCUT2D eigenvalue weighted by molar-refractivity contribution is 7.21. The molecule has 1 N–H and O–H groups in total. The van der Waals surface area contributed by atoms with Crippen molar-refractivity contribution in [3.63, 3.8) is 0 Å². The van der Waals surface area contributed by atoms with Crippen molar-refractivity contribution >= 4 is 21.6 Å². The van der Waals surface area contributed by atoms with Crippen molar-refractivity contribution in [3.8, 4) is 22.1 Å². The Labute approximate surface area is 115 Å². The van der Waals surface area contributed by atoms with Crippen LogP contribution in [0.3, 0.4) is 0 Å². The number of aryl methyl sites for hydroxylation is 1. The Morgan fingerprint density at radius 2 is 2.05 bits per heavy atom. The van der Waals surface area contributed by atoms with Gasteiger partial charge in [0.05, 0.1) is 22.9 Å². The molecule has 3 nitrogen and oxygen atoms in total. The van der Waals surface area contributed by atoms with Gasteiger partial charge in [-0.1, -0.05) is 12.1 Å². The fraction of sp³-hybridized carbons (Fsp3) is 0.133. The summed E-state index contributed by atoms with van der Waals surface area (Å²) in [5.74, 6) is 0.605. The van der Waals surface area contributed by atoms with Crippen LogP contribution >= 0.6 is 11.3 Å². The molecule has 96 valence electrons. The summed E-state index contributed by atoms with van der Waals surface area (Å²) in [6, 6.07) is 11.6. The van der Waals surface area contributed by atoms with Crippen molar-refractivity contribution in [2.75, 3.05) is 7.11 Å². The predicted octanol–water partition coefficient (Wildman–Crippen LogP) is 3.99. The number of ether oxygens (including phenoxy) is 1. The highest BCUT2D eigenvalue weighted by atomic mass is 32.1. The summed E-state index contributed by atoms with van der Waals surface area (Å²) in [6.45, 7) is 2.04. The van der Waals surface area contributed by atoms with Crippen molar-refractivity contribution in [2.24, 2.45) is 0 Å². The van der Waals surface area contributed by atoms with Gasteiger partial charge in [-0.3, -0.25) is 0 Å². The second kappa shape index (κ2) is 4.55. The molecule has 0 atom stereocenters. The number of methoxy groups -OCH3 is 1. The van der Waals surface area contributed by atoms with Crippen LogP contribution in [0.2, 0.25) is 0 Å². The monoisotopic (exact) mass is 271 g/mol. The molecular weight excluding hydrogens is 258 g/mol. The molecule has 0 unspecified atom stereocenters. The van der Waals surface area contributed by atoms with E-state index in [1.165, 1.54) is 5.56 Å². The number of phenols is 1. The number of aromatic hydroxyl groups is 1. The summed E-state index contributed by atoms with van der Waals surface area (Å²) in [4.78, 5) is 4.58. The maximum atomic E-state index is 10.2. The quantitative estimate of drug-likeness (QED) is 0.766. The van der Waals surface area contributed by atoms with Gasteiger partial charge in [0.15, 0.2) is 11.5 Å². The van der Waals surface area contributed by atoms with Crippen molar-refractivity contribution in [2.45, 2.75) is 6.92 Å². The van der Waals surface area contributed by atoms with Crippen LogP contribution in [0, 0.1) is 6.92 Å². The number of benzene rings is 2. The molecule has 0 amide bonds. The van der Waals surface area contributed by atoms with Crippen LogP contribution < -0.4 is 4.74 Å². The standard InChI is InChI=1S/C15H13NO2S/c1-9-6-7-13-11(8-9)16-15(19-13)10-4-3-5-12(18-2)14(10)17/h3-8,17H,1-2H3. The fourth-order valence-corrected chi connectivity index (χ4v) is 2.98. The van der Waals surface area contributed by atoms with Crippen molar-refractivity contribution in [1.82, 2.24) is 4.98 Å². The third-order valence-electron chi connectivity index (χ3n) is 2.99. The lowest BCUT2D eigenvalue weighted by Crippen LogP contribution is -1.85. The Kier molecular flexibility index (Phi) is 2.87. The number of hydrogen-bond donors (Lipinski definition) is 1. The minimum Gasteiger partial charge on any atom is -0.504 e. The summed E-state index contributed by atoms with van der Waals surface area (Å²) in [5.41, 5.74) is 2.85. The van der Waals surface area contributed by atoms with E-state index in [-0.39, 0.29) is 5.75 Å². The highest BCUT2D eigenvalue weighted by Gasteiger charge is 2.13. The van der Waals surface area contributed by atoms with Crippen LogP contribution in [0.1, 0.15) is 5.56 Å². The molecule has 0 aliphatic rings. The first kappa shape index (κ1) is 12.0. The van der Waals surface area contributed by atoms with Gasteiger partial charge in [0, 0.05) is 0 Å². The maximum Gasteiger partial charge on any atom is 0.168 e. The molecule has 3 rings (SSSR count). The zero-order valence-electron chi connectivity index (χ0n) is 10.7. The van der Waals surface area contributed by atoms with Crippen LogP contribution in [-0.2, 0) is 0 Å². The van der Waals surface area contributed by atoms with E-state index in [1.54, 1.807) is 24.5 Å². The van der Waals surface area contributed by atoms with Gasteiger partial charge in [-0.15, -0.1) is 11.3 Å². The second-order valence-corrected chi connectivity index (χ2v) is 5.38. The van der Waals surface area contributed by atoms with Crippen LogP contribution in [0.5, 0.6) is 11.5 Å². The number of para-hydroxylation sites is 1. The summed E-state index contributed by atoms with van der Waals surface area (Å²) in [5, 5.41) is 11.0. The van der Waals surface area contributed by atoms with Crippen molar-refractivity contribution < 1.29 is 9.84 Å². The zero-order chi connectivity index (χ0) is 13.4. The largest absolute Gasteiger partial charge is 0.504 e. The fourth-order valence-electron chi connectivity index (χ4n) is 2.01. The molecular formula is C15H13NO2S. The van der Waals surface area contributed by atoms with E-state index in [9.17, 15) is 5.11 Å². The summed E-state index contributed by atoms with van der Waals surface area (Å²) in [7, 11) is 1.54. The molecule has 0 saturated carbocycles. The summed E-state index contributed by atoms with van der Waals surface area (Å²) >= 11 is 1.57. The lowest BCUT2D eigenvalue weighted by Gasteiger charge is -2.05. The van der Waals surface area contributed by atoms with Crippen LogP contribution in [0.25, 0.3) is 20.8 Å². The molecule has 2 aromatic carbocycles. The van der Waals surface area contributed by atoms with E-state index < -0.39 is 0 Å². The van der Waals surface area contributed by atoms with Gasteiger partial charge in [-0.2, -0.15) is 0 Å². The number of hydrogen-bond acceptors (Lipinski definition) is 4. The van der Waals surface area contributed by atoms with Gasteiger partial charge < -0.3 is 9.84 Å². The van der Waals surface area contributed by atoms with Crippen molar-refractivity contribution in [3.05, 3.63) is 42.0 Å². The Morgan fingerprint density at radius 3 is 2.84 bits per heavy atom. The number of nitrogens with zero attached hydrogens (tertiary/aromatic N) is 1. The first-order valence-electron chi connectivity index (χ1n) is 5.92. The average Bonchev–Trinajstić information content (AvgIpc) is 2.81. The van der Waals surface area contributed by atoms with E-state index in [2.05, 4.69) is 17.1 Å². The van der Waals surface area contributed by atoms with Gasteiger partial charge in [0.25, 0.3) is 0 Å². The van der Waals surface area contributed by atoms with Gasteiger partial charge >= 0.3 is 0 Å². The van der Waals surface area contributed by atoms with Crippen LogP contribution in [0.15, 0.2) is 36.4 Å². The molecule has 3 aromatic rings. The molecule has 0 radical (unpaired) electrons. The van der Waals surface area contributed by atoms with E-state index in [4.69, 9.17) is 4.74 Å². The Balaban J connectivity index is 2.19. The van der Waals surface area contributed by atoms with Crippen molar-refractivity contribution in [1.29, 1.82) is 0 Å². The minimum atomic E-state index is 0.140. The second-order valence-electron chi connectivity index (χ2n) is 4.35. The zero-order valence-corrected chi connectivity index (χ0v) is 11.5. The third-order valence-corrected chi connectivity index (χ3v) is 4.06. The summed E-state index contributed by atoms with van der Waals surface area (Å²) < 4.78 is 6.24. The number of fused-ring (bicyclic) bond motifs is 1. The minimum absolute atomic E-state index is 0.140. The van der Waals surface area contributed by atoms with E-state index >= 15 is 0 Å². The maximum absolute atomic E-state index is 10.2. The molecule has 0 aliphatic heterocycles. The number of phenolic OH excluding ortho intramolecular Hbond substituents is 1. The third kappa shape index (κ3) is 2.04. The van der Waals surface area contributed by atoms with E-state index in [1.807, 2.05) is 25.1 Å². The lowest BCUT2D eigenvalue weighted by atomic mass is 10.2. The topological polar surface area (TPSA) is 42.4 Å². The Hall–Kier alpha value is -2.07. The first-order chi connectivity index (χ1) is 9.19. The number of aromatic nitrogens is 1. The molecule has 19 heavy (non-hydrogen) atoms. The van der Waals surface area contributed by atoms with Crippen LogP contribution in [0.4, 0.5) is 0 Å².